The molecule has 0 spiro atoms. The van der Waals surface area contributed by atoms with Crippen molar-refractivity contribution >= 4 is 13.7 Å². The van der Waals surface area contributed by atoms with E-state index in [9.17, 15) is 19.4 Å². The summed E-state index contributed by atoms with van der Waals surface area (Å²) in [6.45, 7) is 4.75. The molecule has 0 aromatic rings. The summed E-state index contributed by atoms with van der Waals surface area (Å²) in [7, 11) is 1.56. The maximum atomic E-state index is 12.8. The number of rotatable bonds is 36. The number of hydrogen-bond acceptors (Lipinski definition) is 5. The van der Waals surface area contributed by atoms with E-state index in [1.165, 1.54) is 96.3 Å². The Hall–Kier alpha value is -1.02. The van der Waals surface area contributed by atoms with E-state index in [2.05, 4.69) is 31.3 Å². The molecule has 3 unspecified atom stereocenters. The van der Waals surface area contributed by atoms with Gasteiger partial charge in [-0.15, -0.1) is 0 Å². The van der Waals surface area contributed by atoms with Gasteiger partial charge in [-0.2, -0.15) is 0 Å². The Balaban J connectivity index is 4.47. The van der Waals surface area contributed by atoms with Crippen molar-refractivity contribution in [1.29, 1.82) is 0 Å². The number of aliphatic hydroxyl groups is 1. The van der Waals surface area contributed by atoms with Crippen LogP contribution in [0.4, 0.5) is 0 Å². The third kappa shape index (κ3) is 35.2. The zero-order chi connectivity index (χ0) is 36.5. The third-order valence-electron chi connectivity index (χ3n) is 8.92. The van der Waals surface area contributed by atoms with Crippen molar-refractivity contribution in [1.82, 2.24) is 5.32 Å². The summed E-state index contributed by atoms with van der Waals surface area (Å²) in [4.78, 5) is 23.0. The van der Waals surface area contributed by atoms with Gasteiger partial charge in [-0.3, -0.25) is 13.8 Å². The summed E-state index contributed by atoms with van der Waals surface area (Å²) < 4.78 is 23.4. The van der Waals surface area contributed by atoms with E-state index in [-0.39, 0.29) is 19.1 Å². The molecule has 0 fully saturated rings. The molecule has 49 heavy (non-hydrogen) atoms. The number of phosphoric acid groups is 1. The average molecular weight is 716 g/mol. The van der Waals surface area contributed by atoms with Gasteiger partial charge in [-0.1, -0.05) is 154 Å². The van der Waals surface area contributed by atoms with Crippen LogP contribution in [0.15, 0.2) is 24.3 Å². The molecule has 0 rings (SSSR count). The number of amides is 1. The second kappa shape index (κ2) is 32.9. The molecular formula is C40H80N2O6P+. The molecule has 3 atom stereocenters. The number of allylic oxidation sites excluding steroid dienone is 3. The minimum atomic E-state index is -4.33. The van der Waals surface area contributed by atoms with E-state index in [1.54, 1.807) is 6.08 Å². The lowest BCUT2D eigenvalue weighted by molar-refractivity contribution is -0.870. The zero-order valence-electron chi connectivity index (χ0n) is 32.7. The highest BCUT2D eigenvalue weighted by molar-refractivity contribution is 7.47. The van der Waals surface area contributed by atoms with Gasteiger partial charge in [-0.25, -0.2) is 4.57 Å². The topological polar surface area (TPSA) is 105 Å². The summed E-state index contributed by atoms with van der Waals surface area (Å²) in [5.41, 5.74) is 0. The van der Waals surface area contributed by atoms with Crippen LogP contribution in [0.3, 0.4) is 0 Å². The molecule has 0 aliphatic rings. The molecule has 0 heterocycles. The molecule has 1 amide bonds. The molecule has 0 aromatic heterocycles. The van der Waals surface area contributed by atoms with Crippen molar-refractivity contribution in [3.8, 4) is 0 Å². The van der Waals surface area contributed by atoms with Gasteiger partial charge in [0, 0.05) is 6.42 Å². The number of phosphoric ester groups is 1. The fourth-order valence-electron chi connectivity index (χ4n) is 5.61. The van der Waals surface area contributed by atoms with Gasteiger partial charge in [0.2, 0.25) is 5.91 Å². The van der Waals surface area contributed by atoms with Crippen LogP contribution in [0.5, 0.6) is 0 Å². The molecule has 0 saturated carbocycles. The number of hydrogen-bond donors (Lipinski definition) is 3. The maximum absolute atomic E-state index is 12.8. The van der Waals surface area contributed by atoms with Crippen LogP contribution in [0.25, 0.3) is 0 Å². The molecule has 290 valence electrons. The van der Waals surface area contributed by atoms with Crippen molar-refractivity contribution in [2.75, 3.05) is 40.9 Å². The first-order valence-corrected chi connectivity index (χ1v) is 21.7. The monoisotopic (exact) mass is 716 g/mol. The van der Waals surface area contributed by atoms with Crippen LogP contribution < -0.4 is 5.32 Å². The first-order valence-electron chi connectivity index (χ1n) is 20.2. The van der Waals surface area contributed by atoms with Crippen LogP contribution in [0.1, 0.15) is 174 Å². The van der Waals surface area contributed by atoms with Gasteiger partial charge in [0.15, 0.2) is 0 Å². The summed E-state index contributed by atoms with van der Waals surface area (Å²) in [6, 6.07) is -0.847. The number of carbonyl (C=O) groups excluding carboxylic acids is 1. The number of quaternary nitrogens is 1. The Morgan fingerprint density at radius 3 is 1.63 bits per heavy atom. The predicted octanol–water partition coefficient (Wildman–Crippen LogP) is 10.6. The lowest BCUT2D eigenvalue weighted by Gasteiger charge is -2.25. The molecule has 0 aromatic carbocycles. The first-order chi connectivity index (χ1) is 23.5. The summed E-state index contributed by atoms with van der Waals surface area (Å²) in [5.74, 6) is -0.193. The van der Waals surface area contributed by atoms with Gasteiger partial charge >= 0.3 is 7.82 Å². The molecule has 0 bridgehead atoms. The van der Waals surface area contributed by atoms with Crippen molar-refractivity contribution in [2.45, 2.75) is 187 Å². The van der Waals surface area contributed by atoms with Crippen LogP contribution in [-0.2, 0) is 18.4 Å². The van der Waals surface area contributed by atoms with E-state index in [4.69, 9.17) is 9.05 Å². The molecule has 0 saturated heterocycles. The second-order valence-electron chi connectivity index (χ2n) is 15.0. The molecule has 8 nitrogen and oxygen atoms in total. The highest BCUT2D eigenvalue weighted by Crippen LogP contribution is 2.43. The van der Waals surface area contributed by atoms with Crippen molar-refractivity contribution in [3.05, 3.63) is 24.3 Å². The van der Waals surface area contributed by atoms with Crippen LogP contribution in [0, 0.1) is 0 Å². The quantitative estimate of drug-likeness (QED) is 0.0258. The molecule has 3 N–H and O–H groups in total. The van der Waals surface area contributed by atoms with Crippen molar-refractivity contribution < 1.29 is 32.9 Å². The molecule has 9 heteroatoms. The lowest BCUT2D eigenvalue weighted by Crippen LogP contribution is -2.45. The number of likely N-dealkylation sites (N-methyl/N-ethyl adjacent to an activating group) is 1. The fraction of sp³-hybridized carbons (Fsp3) is 0.875. The van der Waals surface area contributed by atoms with Gasteiger partial charge in [0.05, 0.1) is 39.9 Å². The summed E-state index contributed by atoms with van der Waals surface area (Å²) >= 11 is 0. The van der Waals surface area contributed by atoms with E-state index in [0.717, 1.165) is 57.8 Å². The Morgan fingerprint density at radius 2 is 1.12 bits per heavy atom. The maximum Gasteiger partial charge on any atom is 0.472 e. The third-order valence-corrected chi connectivity index (χ3v) is 9.90. The molecule has 0 radical (unpaired) electrons. The second-order valence-corrected chi connectivity index (χ2v) is 16.5. The number of carbonyl (C=O) groups is 1. The lowest BCUT2D eigenvalue weighted by atomic mass is 10.0. The fourth-order valence-corrected chi connectivity index (χ4v) is 6.34. The van der Waals surface area contributed by atoms with Crippen LogP contribution in [0.2, 0.25) is 0 Å². The Morgan fingerprint density at radius 1 is 0.673 bits per heavy atom. The zero-order valence-corrected chi connectivity index (χ0v) is 33.6. The van der Waals surface area contributed by atoms with Gasteiger partial charge in [-0.05, 0) is 38.5 Å². The minimum absolute atomic E-state index is 0.0601. The number of nitrogens with one attached hydrogen (secondary N) is 1. The smallest absolute Gasteiger partial charge is 0.387 e. The number of unbranched alkanes of at least 4 members (excludes halogenated alkanes) is 21. The van der Waals surface area contributed by atoms with Gasteiger partial charge in [0.1, 0.15) is 13.2 Å². The Labute approximate surface area is 303 Å². The largest absolute Gasteiger partial charge is 0.472 e. The van der Waals surface area contributed by atoms with Crippen LogP contribution >= 0.6 is 7.82 Å². The van der Waals surface area contributed by atoms with Crippen LogP contribution in [-0.4, -0.2) is 73.4 Å². The number of nitrogens with zero attached hydrogens (tertiary/aromatic N) is 1. The standard InChI is InChI=1S/C40H79N2O6P/c1-6-8-10-12-14-16-18-19-20-21-22-23-24-25-27-29-31-33-39(43)38(37-48-49(45,46)47-36-35-42(3,4)5)41-40(44)34-32-30-28-26-17-15-13-11-9-7-2/h13,15,31,33,38-39,43H,6-12,14,16-30,32,34-37H2,1-5H3,(H-,41,44,45,46)/p+1/b15-13-,33-31+. The highest BCUT2D eigenvalue weighted by atomic mass is 31.2. The summed E-state index contributed by atoms with van der Waals surface area (Å²) in [5, 5.41) is 13.7. The van der Waals surface area contributed by atoms with Crippen molar-refractivity contribution in [3.63, 3.8) is 0 Å². The van der Waals surface area contributed by atoms with Gasteiger partial charge in [0.25, 0.3) is 0 Å². The molecular weight excluding hydrogens is 635 g/mol. The average Bonchev–Trinajstić information content (AvgIpc) is 3.04. The molecule has 0 aliphatic heterocycles. The van der Waals surface area contributed by atoms with E-state index >= 15 is 0 Å². The Kier molecular flexibility index (Phi) is 32.2. The SMILES string of the molecule is CCCC/C=C\CCCCCCC(=O)NC(COP(=O)(O)OCC[N+](C)(C)C)C(O)/C=C/CCCCCCCCCCCCCCCCC. The first kappa shape index (κ1) is 48.0. The normalized spacial score (nSPS) is 14.8. The molecule has 0 aliphatic carbocycles. The predicted molar refractivity (Wildman–Crippen MR) is 208 cm³/mol. The minimum Gasteiger partial charge on any atom is -0.387 e. The summed E-state index contributed by atoms with van der Waals surface area (Å²) in [6.07, 6.45) is 36.7. The number of aliphatic hydroxyl groups excluding tert-OH is 1. The van der Waals surface area contributed by atoms with Gasteiger partial charge < -0.3 is 19.8 Å². The van der Waals surface area contributed by atoms with E-state index < -0.39 is 20.0 Å². The van der Waals surface area contributed by atoms with E-state index in [1.807, 2.05) is 27.2 Å². The highest BCUT2D eigenvalue weighted by Gasteiger charge is 2.27. The van der Waals surface area contributed by atoms with Crippen molar-refractivity contribution in [2.24, 2.45) is 0 Å². The Bertz CT molecular complexity index is 860. The van der Waals surface area contributed by atoms with E-state index in [0.29, 0.717) is 17.4 Å².